The van der Waals surface area contributed by atoms with E-state index in [1.54, 1.807) is 12.1 Å². The second-order valence-electron chi connectivity index (χ2n) is 5.34. The molecule has 0 bridgehead atoms. The van der Waals surface area contributed by atoms with Crippen LogP contribution in [0.15, 0.2) is 29.2 Å². The van der Waals surface area contributed by atoms with Crippen molar-refractivity contribution >= 4 is 10.1 Å². The van der Waals surface area contributed by atoms with E-state index in [-0.39, 0.29) is 17.7 Å². The van der Waals surface area contributed by atoms with Gasteiger partial charge in [-0.25, -0.2) is 8.78 Å². The van der Waals surface area contributed by atoms with Crippen LogP contribution in [0.4, 0.5) is 8.78 Å². The van der Waals surface area contributed by atoms with E-state index in [9.17, 15) is 17.2 Å². The van der Waals surface area contributed by atoms with Crippen molar-refractivity contribution < 1.29 is 21.4 Å². The summed E-state index contributed by atoms with van der Waals surface area (Å²) >= 11 is 0. The van der Waals surface area contributed by atoms with Gasteiger partial charge in [0.05, 0.1) is 11.0 Å². The second-order valence-corrected chi connectivity index (χ2v) is 6.92. The molecule has 0 spiro atoms. The summed E-state index contributed by atoms with van der Waals surface area (Å²) < 4.78 is 55.0. The number of aryl methyl sites for hydroxylation is 1. The third kappa shape index (κ3) is 2.17. The lowest BCUT2D eigenvalue weighted by Gasteiger charge is -2.15. The number of benzene rings is 1. The topological polar surface area (TPSA) is 43.4 Å². The summed E-state index contributed by atoms with van der Waals surface area (Å²) in [5.41, 5.74) is 0.945. The Kier molecular flexibility index (Phi) is 2.73. The minimum absolute atomic E-state index is 0.0745. The quantitative estimate of drug-likeness (QED) is 0.803. The Hall–Kier alpha value is -1.01. The molecule has 0 radical (unpaired) electrons. The lowest BCUT2D eigenvalue weighted by Crippen LogP contribution is -2.20. The molecule has 0 aromatic heterocycles. The van der Waals surface area contributed by atoms with Crippen LogP contribution in [-0.2, 0) is 14.3 Å². The molecule has 0 heterocycles. The fourth-order valence-corrected chi connectivity index (χ4v) is 3.88. The largest absolute Gasteiger partial charge is 0.297 e. The van der Waals surface area contributed by atoms with E-state index >= 15 is 0 Å². The van der Waals surface area contributed by atoms with Gasteiger partial charge in [-0.05, 0) is 31.9 Å². The molecule has 0 saturated heterocycles. The maximum atomic E-state index is 13.0. The molecule has 0 unspecified atom stereocenters. The predicted molar refractivity (Wildman–Crippen MR) is 64.4 cm³/mol. The number of alkyl halides is 2. The molecule has 2 saturated carbocycles. The average molecular weight is 288 g/mol. The average Bonchev–Trinajstić information content (AvgIpc) is 2.70. The van der Waals surface area contributed by atoms with Crippen molar-refractivity contribution in [3.63, 3.8) is 0 Å². The summed E-state index contributed by atoms with van der Waals surface area (Å²) in [6.45, 7) is 1.85. The summed E-state index contributed by atoms with van der Waals surface area (Å²) in [5, 5.41) is 0. The summed E-state index contributed by atoms with van der Waals surface area (Å²) in [6, 6.07) is 6.29. The van der Waals surface area contributed by atoms with Crippen LogP contribution in [-0.4, -0.2) is 20.4 Å². The summed E-state index contributed by atoms with van der Waals surface area (Å²) in [5.74, 6) is -3.98. The van der Waals surface area contributed by atoms with Gasteiger partial charge >= 0.3 is 0 Å². The highest BCUT2D eigenvalue weighted by atomic mass is 32.2. The van der Waals surface area contributed by atoms with Crippen molar-refractivity contribution in [3.05, 3.63) is 29.8 Å². The van der Waals surface area contributed by atoms with Crippen molar-refractivity contribution in [1.29, 1.82) is 0 Å². The molecular formula is C13H14F2O3S. The first-order valence-corrected chi connectivity index (χ1v) is 7.59. The maximum absolute atomic E-state index is 13.0. The number of hydrogen-bond acceptors (Lipinski definition) is 3. The molecule has 3 nitrogen and oxygen atoms in total. The Morgan fingerprint density at radius 3 is 2.21 bits per heavy atom. The first-order chi connectivity index (χ1) is 8.80. The zero-order valence-corrected chi connectivity index (χ0v) is 11.2. The standard InChI is InChI=1S/C13H14F2O3S/c1-8-2-4-10(5-3-8)19(16,17)18-9-6-11-12(7-9)13(11,14)15/h2-5,9,11-12H,6-7H2,1H3/t9-,11+,12-. The molecule has 1 aromatic rings. The van der Waals surface area contributed by atoms with Gasteiger partial charge in [0, 0.05) is 11.8 Å². The molecule has 3 atom stereocenters. The first kappa shape index (κ1) is 13.0. The highest BCUT2D eigenvalue weighted by Gasteiger charge is 2.72. The van der Waals surface area contributed by atoms with Crippen LogP contribution in [0.2, 0.25) is 0 Å². The third-order valence-corrected chi connectivity index (χ3v) is 5.35. The van der Waals surface area contributed by atoms with Gasteiger partial charge in [-0.1, -0.05) is 17.7 Å². The van der Waals surface area contributed by atoms with Crippen molar-refractivity contribution in [2.45, 2.75) is 36.7 Å². The van der Waals surface area contributed by atoms with Crippen molar-refractivity contribution in [1.82, 2.24) is 0 Å². The number of hydrogen-bond donors (Lipinski definition) is 0. The van der Waals surface area contributed by atoms with Crippen LogP contribution < -0.4 is 0 Å². The fraction of sp³-hybridized carbons (Fsp3) is 0.538. The Bertz CT molecular complexity index is 581. The van der Waals surface area contributed by atoms with Gasteiger partial charge in [0.15, 0.2) is 0 Å². The van der Waals surface area contributed by atoms with Crippen LogP contribution in [0.3, 0.4) is 0 Å². The fourth-order valence-electron chi connectivity index (χ4n) is 2.78. The number of fused-ring (bicyclic) bond motifs is 1. The monoisotopic (exact) mass is 288 g/mol. The van der Waals surface area contributed by atoms with E-state index in [0.29, 0.717) is 0 Å². The normalized spacial score (nSPS) is 32.1. The third-order valence-electron chi connectivity index (χ3n) is 3.97. The lowest BCUT2D eigenvalue weighted by molar-refractivity contribution is 0.0482. The SMILES string of the molecule is Cc1ccc(S(=O)(=O)O[C@H]2C[C@@H]3[C@H](C2)C3(F)F)cc1. The Labute approximate surface area is 110 Å². The molecule has 1 aromatic carbocycles. The lowest BCUT2D eigenvalue weighted by atomic mass is 10.2. The molecular weight excluding hydrogens is 274 g/mol. The van der Waals surface area contributed by atoms with Crippen LogP contribution >= 0.6 is 0 Å². The van der Waals surface area contributed by atoms with Gasteiger partial charge in [-0.2, -0.15) is 8.42 Å². The van der Waals surface area contributed by atoms with E-state index in [4.69, 9.17) is 4.18 Å². The highest BCUT2D eigenvalue weighted by molar-refractivity contribution is 7.86. The molecule has 2 fully saturated rings. The molecule has 0 aliphatic heterocycles. The van der Waals surface area contributed by atoms with E-state index in [0.717, 1.165) is 5.56 Å². The van der Waals surface area contributed by atoms with E-state index < -0.39 is 34.0 Å². The Morgan fingerprint density at radius 2 is 1.68 bits per heavy atom. The number of halogens is 2. The summed E-state index contributed by atoms with van der Waals surface area (Å²) in [6.07, 6.45) is -0.355. The highest BCUT2D eigenvalue weighted by Crippen LogP contribution is 2.64. The first-order valence-electron chi connectivity index (χ1n) is 6.18. The van der Waals surface area contributed by atoms with Crippen molar-refractivity contribution in [2.24, 2.45) is 11.8 Å². The molecule has 2 aliphatic rings. The van der Waals surface area contributed by atoms with Gasteiger partial charge in [0.2, 0.25) is 0 Å². The molecule has 104 valence electrons. The van der Waals surface area contributed by atoms with Gasteiger partial charge in [0.25, 0.3) is 16.0 Å². The minimum atomic E-state index is -3.85. The number of rotatable bonds is 3. The summed E-state index contributed by atoms with van der Waals surface area (Å²) in [7, 11) is -3.85. The molecule has 6 heteroatoms. The molecule has 19 heavy (non-hydrogen) atoms. The van der Waals surface area contributed by atoms with E-state index in [1.165, 1.54) is 12.1 Å². The predicted octanol–water partition coefficient (Wildman–Crippen LogP) is 2.74. The zero-order chi connectivity index (χ0) is 13.8. The molecule has 0 N–H and O–H groups in total. The second kappa shape index (κ2) is 3.99. The van der Waals surface area contributed by atoms with Gasteiger partial charge in [0.1, 0.15) is 0 Å². The Morgan fingerprint density at radius 1 is 1.16 bits per heavy atom. The van der Waals surface area contributed by atoms with Crippen LogP contribution in [0.1, 0.15) is 18.4 Å². The van der Waals surface area contributed by atoms with Crippen molar-refractivity contribution in [3.8, 4) is 0 Å². The van der Waals surface area contributed by atoms with E-state index in [2.05, 4.69) is 0 Å². The van der Waals surface area contributed by atoms with Crippen LogP contribution in [0.5, 0.6) is 0 Å². The molecule has 0 amide bonds. The van der Waals surface area contributed by atoms with Crippen LogP contribution in [0.25, 0.3) is 0 Å². The van der Waals surface area contributed by atoms with Gasteiger partial charge < -0.3 is 0 Å². The van der Waals surface area contributed by atoms with Crippen molar-refractivity contribution in [2.75, 3.05) is 0 Å². The maximum Gasteiger partial charge on any atom is 0.297 e. The molecule has 3 rings (SSSR count). The zero-order valence-electron chi connectivity index (χ0n) is 10.3. The van der Waals surface area contributed by atoms with Crippen LogP contribution in [0, 0.1) is 18.8 Å². The van der Waals surface area contributed by atoms with E-state index in [1.807, 2.05) is 6.92 Å². The molecule has 2 aliphatic carbocycles. The summed E-state index contributed by atoms with van der Waals surface area (Å²) in [4.78, 5) is 0.0745. The Balaban J connectivity index is 1.69. The minimum Gasteiger partial charge on any atom is -0.263 e. The smallest absolute Gasteiger partial charge is 0.263 e. The van der Waals surface area contributed by atoms with Gasteiger partial charge in [-0.3, -0.25) is 4.18 Å². The van der Waals surface area contributed by atoms with Gasteiger partial charge in [-0.15, -0.1) is 0 Å².